The van der Waals surface area contributed by atoms with Gasteiger partial charge in [-0.15, -0.1) is 13.2 Å². The molecular weight excluding hydrogens is 455 g/mol. The Labute approximate surface area is 203 Å². The zero-order valence-electron chi connectivity index (χ0n) is 19.3. The maximum Gasteiger partial charge on any atom is 0.573 e. The summed E-state index contributed by atoms with van der Waals surface area (Å²) in [6.45, 7) is 1.57. The van der Waals surface area contributed by atoms with Gasteiger partial charge >= 0.3 is 6.36 Å². The second kappa shape index (κ2) is 9.91. The molecule has 5 rings (SSSR count). The van der Waals surface area contributed by atoms with E-state index in [0.717, 1.165) is 31.4 Å². The zero-order valence-corrected chi connectivity index (χ0v) is 19.3. The summed E-state index contributed by atoms with van der Waals surface area (Å²) in [6, 6.07) is 24.5. The Hall–Kier alpha value is -3.03. The summed E-state index contributed by atoms with van der Waals surface area (Å²) >= 11 is 0. The van der Waals surface area contributed by atoms with Crippen molar-refractivity contribution in [3.63, 3.8) is 0 Å². The van der Waals surface area contributed by atoms with Gasteiger partial charge in [0.1, 0.15) is 18.1 Å². The van der Waals surface area contributed by atoms with Crippen molar-refractivity contribution < 1.29 is 27.4 Å². The molecule has 0 aromatic heterocycles. The number of benzene rings is 3. The molecule has 1 spiro atoms. The predicted molar refractivity (Wildman–Crippen MR) is 126 cm³/mol. The van der Waals surface area contributed by atoms with Crippen LogP contribution in [0.1, 0.15) is 47.9 Å². The molecule has 4 nitrogen and oxygen atoms in total. The largest absolute Gasteiger partial charge is 0.573 e. The molecule has 0 aliphatic carbocycles. The number of hydrogen-bond donors (Lipinski definition) is 1. The number of nitrogens with one attached hydrogen (secondary N) is 1. The molecule has 35 heavy (non-hydrogen) atoms. The summed E-state index contributed by atoms with van der Waals surface area (Å²) in [5.74, 6) is 0.225. The lowest BCUT2D eigenvalue weighted by Crippen LogP contribution is -2.43. The topological polar surface area (TPSA) is 39.7 Å². The average Bonchev–Trinajstić information content (AvgIpc) is 3.26. The van der Waals surface area contributed by atoms with Crippen LogP contribution in [0.2, 0.25) is 0 Å². The molecular formula is C28H28F3NO3. The van der Waals surface area contributed by atoms with E-state index in [9.17, 15) is 13.2 Å². The van der Waals surface area contributed by atoms with Crippen molar-refractivity contribution in [2.24, 2.45) is 0 Å². The molecule has 0 amide bonds. The highest BCUT2D eigenvalue weighted by atomic mass is 19.4. The minimum absolute atomic E-state index is 0.0907. The molecule has 0 radical (unpaired) electrons. The van der Waals surface area contributed by atoms with E-state index in [0.29, 0.717) is 24.5 Å². The molecule has 2 heterocycles. The van der Waals surface area contributed by atoms with Crippen molar-refractivity contribution in [1.82, 2.24) is 5.32 Å². The van der Waals surface area contributed by atoms with Crippen LogP contribution in [0, 0.1) is 0 Å². The van der Waals surface area contributed by atoms with Crippen LogP contribution in [0.15, 0.2) is 78.9 Å². The highest BCUT2D eigenvalue weighted by molar-refractivity contribution is 5.43. The van der Waals surface area contributed by atoms with Crippen LogP contribution in [0.3, 0.4) is 0 Å². The van der Waals surface area contributed by atoms with Crippen molar-refractivity contribution in [1.29, 1.82) is 0 Å². The van der Waals surface area contributed by atoms with E-state index in [1.807, 2.05) is 48.5 Å². The van der Waals surface area contributed by atoms with Gasteiger partial charge in [-0.05, 0) is 55.1 Å². The van der Waals surface area contributed by atoms with Crippen molar-refractivity contribution >= 4 is 0 Å². The van der Waals surface area contributed by atoms with Crippen LogP contribution in [-0.2, 0) is 11.3 Å². The number of piperidine rings is 1. The predicted octanol–water partition coefficient (Wildman–Crippen LogP) is 6.53. The third-order valence-corrected chi connectivity index (χ3v) is 6.85. The number of hydrogen-bond acceptors (Lipinski definition) is 4. The van der Waals surface area contributed by atoms with Gasteiger partial charge in [0.05, 0.1) is 12.2 Å². The third-order valence-electron chi connectivity index (χ3n) is 6.85. The second-order valence-electron chi connectivity index (χ2n) is 9.29. The summed E-state index contributed by atoms with van der Waals surface area (Å²) in [5, 5.41) is 3.58. The average molecular weight is 484 g/mol. The van der Waals surface area contributed by atoms with Gasteiger partial charge in [0.2, 0.25) is 0 Å². The number of alkyl halides is 3. The van der Waals surface area contributed by atoms with Gasteiger partial charge in [-0.25, -0.2) is 0 Å². The molecule has 0 saturated carbocycles. The summed E-state index contributed by atoms with van der Waals surface area (Å²) < 4.78 is 55.5. The van der Waals surface area contributed by atoms with Crippen molar-refractivity contribution in [3.05, 3.63) is 95.6 Å². The van der Waals surface area contributed by atoms with Crippen LogP contribution < -0.4 is 14.8 Å². The quantitative estimate of drug-likeness (QED) is 0.433. The number of halogens is 3. The van der Waals surface area contributed by atoms with Crippen molar-refractivity contribution in [2.45, 2.75) is 49.8 Å². The van der Waals surface area contributed by atoms with Gasteiger partial charge in [-0.2, -0.15) is 0 Å². The van der Waals surface area contributed by atoms with Gasteiger partial charge < -0.3 is 19.5 Å². The summed E-state index contributed by atoms with van der Waals surface area (Å²) in [4.78, 5) is 0. The first-order valence-corrected chi connectivity index (χ1v) is 11.9. The molecule has 3 atom stereocenters. The van der Waals surface area contributed by atoms with Crippen LogP contribution in [0.25, 0.3) is 0 Å². The number of ether oxygens (including phenoxy) is 3. The first-order valence-electron chi connectivity index (χ1n) is 11.9. The molecule has 2 saturated heterocycles. The monoisotopic (exact) mass is 483 g/mol. The highest BCUT2D eigenvalue weighted by Crippen LogP contribution is 2.48. The van der Waals surface area contributed by atoms with E-state index < -0.39 is 6.36 Å². The fourth-order valence-corrected chi connectivity index (χ4v) is 5.21. The van der Waals surface area contributed by atoms with Gasteiger partial charge in [-0.1, -0.05) is 60.7 Å². The smallest absolute Gasteiger partial charge is 0.489 e. The van der Waals surface area contributed by atoms with E-state index in [-0.39, 0.29) is 23.3 Å². The maximum absolute atomic E-state index is 12.9. The van der Waals surface area contributed by atoms with Crippen LogP contribution in [0.5, 0.6) is 11.5 Å². The third kappa shape index (κ3) is 5.80. The molecule has 7 heteroatoms. The summed E-state index contributed by atoms with van der Waals surface area (Å²) in [5.41, 5.74) is 2.56. The molecule has 2 fully saturated rings. The Kier molecular flexibility index (Phi) is 6.71. The van der Waals surface area contributed by atoms with E-state index in [1.165, 1.54) is 17.7 Å². The Morgan fingerprint density at radius 3 is 2.43 bits per heavy atom. The fourth-order valence-electron chi connectivity index (χ4n) is 5.21. The van der Waals surface area contributed by atoms with Crippen LogP contribution >= 0.6 is 0 Å². The first-order chi connectivity index (χ1) is 16.9. The van der Waals surface area contributed by atoms with E-state index in [2.05, 4.69) is 22.2 Å². The van der Waals surface area contributed by atoms with Gasteiger partial charge in [-0.3, -0.25) is 0 Å². The standard InChI is InChI=1S/C28H28F3NO3/c29-28(30,31)35-23-11-12-26(33-18-20-7-3-1-4-8-20)24(15-23)22-16-27(34-19-22)13-14-32-25(17-27)21-9-5-2-6-10-21/h1-12,15,22,25,32H,13-14,16-19H2. The molecule has 1 N–H and O–H groups in total. The normalized spacial score (nSPS) is 24.4. The maximum atomic E-state index is 12.9. The Balaban J connectivity index is 1.37. The molecule has 3 unspecified atom stereocenters. The minimum atomic E-state index is -4.75. The number of rotatable bonds is 6. The first kappa shape index (κ1) is 23.7. The van der Waals surface area contributed by atoms with E-state index in [1.54, 1.807) is 6.07 Å². The molecule has 0 bridgehead atoms. The molecule has 3 aromatic rings. The summed E-state index contributed by atoms with van der Waals surface area (Å²) in [6.07, 6.45) is -2.37. The van der Waals surface area contributed by atoms with Crippen molar-refractivity contribution in [2.75, 3.05) is 13.2 Å². The second-order valence-corrected chi connectivity index (χ2v) is 9.29. The van der Waals surface area contributed by atoms with E-state index in [4.69, 9.17) is 9.47 Å². The summed E-state index contributed by atoms with van der Waals surface area (Å²) in [7, 11) is 0. The van der Waals surface area contributed by atoms with Gasteiger partial charge in [0, 0.05) is 17.5 Å². The van der Waals surface area contributed by atoms with E-state index >= 15 is 0 Å². The minimum Gasteiger partial charge on any atom is -0.489 e. The van der Waals surface area contributed by atoms with Crippen molar-refractivity contribution in [3.8, 4) is 11.5 Å². The highest BCUT2D eigenvalue weighted by Gasteiger charge is 2.45. The molecule has 3 aromatic carbocycles. The lowest BCUT2D eigenvalue weighted by atomic mass is 9.79. The lowest BCUT2D eigenvalue weighted by Gasteiger charge is -2.38. The Morgan fingerprint density at radius 2 is 1.69 bits per heavy atom. The van der Waals surface area contributed by atoms with Gasteiger partial charge in [0.25, 0.3) is 0 Å². The SMILES string of the molecule is FC(F)(F)Oc1ccc(OCc2ccccc2)c(C2COC3(CCNC(c4ccccc4)C3)C2)c1. The molecule has 184 valence electrons. The zero-order chi connectivity index (χ0) is 24.3. The Morgan fingerprint density at radius 1 is 0.943 bits per heavy atom. The lowest BCUT2D eigenvalue weighted by molar-refractivity contribution is -0.274. The molecule has 2 aliphatic rings. The Bertz CT molecular complexity index is 1120. The van der Waals surface area contributed by atoms with Crippen LogP contribution in [0.4, 0.5) is 13.2 Å². The van der Waals surface area contributed by atoms with Gasteiger partial charge in [0.15, 0.2) is 0 Å². The van der Waals surface area contributed by atoms with Crippen LogP contribution in [-0.4, -0.2) is 25.1 Å². The fraction of sp³-hybridized carbons (Fsp3) is 0.357. The molecule has 2 aliphatic heterocycles.